The van der Waals surface area contributed by atoms with Gasteiger partial charge in [0.25, 0.3) is 11.5 Å². The van der Waals surface area contributed by atoms with E-state index in [1.165, 1.54) is 46.8 Å². The molecular formula is C48H47FN4O8S2. The molecule has 5 heterocycles. The first-order valence-corrected chi connectivity index (χ1v) is 22.3. The molecule has 9 rings (SSSR count). The minimum atomic E-state index is -0.573. The maximum atomic E-state index is 15.6. The molecule has 1 unspecified atom stereocenters. The molecule has 0 saturated carbocycles. The number of hydrogen-bond donors (Lipinski definition) is 1. The van der Waals surface area contributed by atoms with Gasteiger partial charge in [0.05, 0.1) is 58.4 Å². The first kappa shape index (κ1) is 42.4. The molecule has 3 aliphatic heterocycles. The van der Waals surface area contributed by atoms with Crippen LogP contribution in [0, 0.1) is 5.82 Å². The molecule has 12 nitrogen and oxygen atoms in total. The van der Waals surface area contributed by atoms with Gasteiger partial charge in [-0.1, -0.05) is 42.5 Å². The Labute approximate surface area is 372 Å². The minimum absolute atomic E-state index is 0.0376. The van der Waals surface area contributed by atoms with Crippen molar-refractivity contribution in [2.45, 2.75) is 56.2 Å². The van der Waals surface area contributed by atoms with Crippen molar-refractivity contribution in [1.29, 1.82) is 0 Å². The van der Waals surface area contributed by atoms with Crippen LogP contribution in [0.2, 0.25) is 0 Å². The quantitative estimate of drug-likeness (QED) is 0.130. The first-order valence-electron chi connectivity index (χ1n) is 21.0. The molecule has 0 radical (unpaired) electrons. The standard InChI is InChI=1S/C48H47FN4O8S2/c1-5-60-40-22-32-33(23-38(40)58-3)43(50-35-17-20-61-47(62)42(32)35)28-11-13-29(14-12-28)45(54)51-18-15-31(16-19-51)53-46(55)44-36(25-41(63-44)27-9-7-6-8-10-27)52(48(53)56)26-30-21-37(57-2)39(59-4)24-34(30)49/h6-14,21-25,31,35,42,47,62H,5,15-20,26H2,1-4H3/t35-,42-,47?/m1/s1. The lowest BCUT2D eigenvalue weighted by atomic mass is 9.80. The number of fused-ring (bicyclic) bond motifs is 4. The average molecular weight is 891 g/mol. The van der Waals surface area contributed by atoms with Crippen LogP contribution in [0.5, 0.6) is 23.0 Å². The fourth-order valence-electron chi connectivity index (χ4n) is 9.09. The van der Waals surface area contributed by atoms with Gasteiger partial charge in [-0.15, -0.1) is 24.0 Å². The Balaban J connectivity index is 0.987. The highest BCUT2D eigenvalue weighted by atomic mass is 32.1. The van der Waals surface area contributed by atoms with Crippen LogP contribution in [0.15, 0.2) is 99.5 Å². The third-order valence-electron chi connectivity index (χ3n) is 12.3. The number of benzene rings is 4. The van der Waals surface area contributed by atoms with Crippen molar-refractivity contribution in [3.63, 3.8) is 0 Å². The molecule has 0 aliphatic carbocycles. The number of hydrogen-bond acceptors (Lipinski definition) is 11. The van der Waals surface area contributed by atoms with E-state index >= 15 is 4.39 Å². The van der Waals surface area contributed by atoms with Crippen molar-refractivity contribution < 1.29 is 32.9 Å². The Morgan fingerprint density at radius 3 is 2.27 bits per heavy atom. The number of amides is 1. The number of piperidine rings is 1. The van der Waals surface area contributed by atoms with E-state index in [0.717, 1.165) is 39.3 Å². The van der Waals surface area contributed by atoms with Gasteiger partial charge in [0.2, 0.25) is 0 Å². The van der Waals surface area contributed by atoms with Crippen LogP contribution in [0.25, 0.3) is 20.7 Å². The number of aliphatic imine (C=N–C) groups is 1. The molecule has 2 saturated heterocycles. The van der Waals surface area contributed by atoms with Crippen LogP contribution in [-0.2, 0) is 11.3 Å². The molecule has 0 spiro atoms. The molecule has 15 heteroatoms. The van der Waals surface area contributed by atoms with E-state index < -0.39 is 23.1 Å². The van der Waals surface area contributed by atoms with E-state index in [2.05, 4.69) is 0 Å². The summed E-state index contributed by atoms with van der Waals surface area (Å²) >= 11 is 6.09. The topological polar surface area (TPSA) is 123 Å². The highest BCUT2D eigenvalue weighted by molar-refractivity contribution is 7.80. The summed E-state index contributed by atoms with van der Waals surface area (Å²) < 4.78 is 47.1. The minimum Gasteiger partial charge on any atom is -0.493 e. The Bertz CT molecular complexity index is 2850. The van der Waals surface area contributed by atoms with E-state index in [0.29, 0.717) is 72.2 Å². The van der Waals surface area contributed by atoms with Gasteiger partial charge in [-0.2, -0.15) is 0 Å². The number of thiol groups is 1. The maximum absolute atomic E-state index is 15.6. The van der Waals surface area contributed by atoms with Crippen molar-refractivity contribution in [3.05, 3.63) is 139 Å². The summed E-state index contributed by atoms with van der Waals surface area (Å²) in [4.78, 5) is 50.7. The van der Waals surface area contributed by atoms with Gasteiger partial charge in [0.15, 0.2) is 23.0 Å². The van der Waals surface area contributed by atoms with Crippen molar-refractivity contribution in [3.8, 4) is 33.4 Å². The van der Waals surface area contributed by atoms with Gasteiger partial charge < -0.3 is 28.6 Å². The molecule has 2 aromatic heterocycles. The van der Waals surface area contributed by atoms with Gasteiger partial charge in [0, 0.05) is 58.2 Å². The van der Waals surface area contributed by atoms with Crippen molar-refractivity contribution in [1.82, 2.24) is 14.0 Å². The van der Waals surface area contributed by atoms with Crippen LogP contribution >= 0.6 is 24.0 Å². The second-order valence-electron chi connectivity index (χ2n) is 15.8. The van der Waals surface area contributed by atoms with Crippen LogP contribution in [0.1, 0.15) is 70.8 Å². The Morgan fingerprint density at radius 1 is 0.873 bits per heavy atom. The lowest BCUT2D eigenvalue weighted by molar-refractivity contribution is 0.0463. The van der Waals surface area contributed by atoms with E-state index in [4.69, 9.17) is 41.3 Å². The predicted molar refractivity (Wildman–Crippen MR) is 245 cm³/mol. The smallest absolute Gasteiger partial charge is 0.332 e. The fourth-order valence-corrected chi connectivity index (χ4v) is 10.7. The number of carbonyl (C=O) groups is 1. The van der Waals surface area contributed by atoms with Crippen LogP contribution in [0.4, 0.5) is 4.39 Å². The summed E-state index contributed by atoms with van der Waals surface area (Å²) in [6.07, 6.45) is 1.51. The van der Waals surface area contributed by atoms with Gasteiger partial charge in [-0.05, 0) is 73.7 Å². The third-order valence-corrected chi connectivity index (χ3v) is 13.9. The number of rotatable bonds is 11. The first-order chi connectivity index (χ1) is 30.6. The normalized spacial score (nSPS) is 18.7. The Kier molecular flexibility index (Phi) is 11.9. The molecule has 1 amide bonds. The Morgan fingerprint density at radius 2 is 1.57 bits per heavy atom. The molecule has 3 aliphatic rings. The number of halogens is 1. The summed E-state index contributed by atoms with van der Waals surface area (Å²) in [7, 11) is 4.50. The maximum Gasteiger partial charge on any atom is 0.332 e. The van der Waals surface area contributed by atoms with E-state index in [1.54, 1.807) is 12.0 Å². The molecule has 3 atom stereocenters. The summed E-state index contributed by atoms with van der Waals surface area (Å²) in [6.45, 7) is 3.49. The number of thiophene rings is 1. The molecule has 63 heavy (non-hydrogen) atoms. The summed E-state index contributed by atoms with van der Waals surface area (Å²) in [5.74, 6) is 1.02. The Hall–Kier alpha value is -5.90. The van der Waals surface area contributed by atoms with Gasteiger partial charge in [-0.3, -0.25) is 23.7 Å². The molecule has 0 N–H and O–H groups in total. The third kappa shape index (κ3) is 7.80. The predicted octanol–water partition coefficient (Wildman–Crippen LogP) is 7.96. The summed E-state index contributed by atoms with van der Waals surface area (Å²) in [5, 5.41) is 0. The molecule has 4 aromatic carbocycles. The van der Waals surface area contributed by atoms with Crippen molar-refractivity contribution in [2.75, 3.05) is 47.6 Å². The van der Waals surface area contributed by atoms with Gasteiger partial charge in [0.1, 0.15) is 16.0 Å². The lowest BCUT2D eigenvalue weighted by Crippen LogP contribution is -2.46. The molecular weight excluding hydrogens is 844 g/mol. The van der Waals surface area contributed by atoms with Crippen LogP contribution in [-0.4, -0.2) is 84.8 Å². The zero-order valence-corrected chi connectivity index (χ0v) is 37.0. The SMILES string of the molecule is CCOc1cc2c(cc1OC)C(c1ccc(C(=O)N3CCC(n4c(=O)c5sc(-c6ccccc6)cc5n(Cc5cc(OC)c(OC)cc5F)c4=O)CC3)cc1)=N[C@@H]1CCOC(S)[C@H]21. The summed E-state index contributed by atoms with van der Waals surface area (Å²) in [6, 6.07) is 25.1. The summed E-state index contributed by atoms with van der Waals surface area (Å²) in [5.41, 5.74) is 4.38. The number of ether oxygens (including phenoxy) is 5. The lowest BCUT2D eigenvalue weighted by Gasteiger charge is -2.39. The highest BCUT2D eigenvalue weighted by Gasteiger charge is 2.40. The van der Waals surface area contributed by atoms with Crippen LogP contribution < -0.4 is 30.2 Å². The monoisotopic (exact) mass is 890 g/mol. The van der Waals surface area contributed by atoms with E-state index in [9.17, 15) is 14.4 Å². The van der Waals surface area contributed by atoms with Gasteiger partial charge in [-0.25, -0.2) is 9.18 Å². The number of aromatic nitrogens is 2. The molecule has 326 valence electrons. The fraction of sp³-hybridized carbons (Fsp3) is 0.333. The highest BCUT2D eigenvalue weighted by Crippen LogP contribution is 2.45. The zero-order valence-electron chi connectivity index (χ0n) is 35.3. The number of nitrogens with zero attached hydrogens (tertiary/aromatic N) is 4. The van der Waals surface area contributed by atoms with E-state index in [1.807, 2.05) is 79.7 Å². The van der Waals surface area contributed by atoms with Crippen LogP contribution in [0.3, 0.4) is 0 Å². The van der Waals surface area contributed by atoms with E-state index in [-0.39, 0.29) is 41.2 Å². The second-order valence-corrected chi connectivity index (χ2v) is 17.3. The molecule has 6 aromatic rings. The average Bonchev–Trinajstić information content (AvgIpc) is 3.77. The number of carbonyl (C=O) groups excluding carboxylic acids is 1. The second kappa shape index (κ2) is 17.7. The van der Waals surface area contributed by atoms with Gasteiger partial charge >= 0.3 is 5.69 Å². The zero-order chi connectivity index (χ0) is 43.9. The van der Waals surface area contributed by atoms with Crippen molar-refractivity contribution in [2.24, 2.45) is 4.99 Å². The molecule has 2 fully saturated rings. The van der Waals surface area contributed by atoms with Crippen molar-refractivity contribution >= 4 is 45.8 Å². The number of methoxy groups -OCH3 is 3. The number of likely N-dealkylation sites (tertiary alicyclic amines) is 1. The largest absolute Gasteiger partial charge is 0.493 e. The molecule has 0 bridgehead atoms.